The van der Waals surface area contributed by atoms with Crippen LogP contribution in [0.2, 0.25) is 0 Å². The molecular weight excluding hydrogens is 209 g/mol. The van der Waals surface area contributed by atoms with Gasteiger partial charge in [0.2, 0.25) is 0 Å². The van der Waals surface area contributed by atoms with E-state index in [9.17, 15) is 4.39 Å². The van der Waals surface area contributed by atoms with E-state index < -0.39 is 0 Å². The molecule has 82 valence electrons. The molecular formula is C12H16FNS. The Morgan fingerprint density at radius 2 is 2.40 bits per heavy atom. The quantitative estimate of drug-likeness (QED) is 0.848. The van der Waals surface area contributed by atoms with Crippen LogP contribution in [0.3, 0.4) is 0 Å². The van der Waals surface area contributed by atoms with Crippen molar-refractivity contribution < 1.29 is 4.39 Å². The van der Waals surface area contributed by atoms with Crippen LogP contribution >= 0.6 is 11.8 Å². The van der Waals surface area contributed by atoms with Gasteiger partial charge < -0.3 is 5.32 Å². The van der Waals surface area contributed by atoms with Crippen molar-refractivity contribution in [2.45, 2.75) is 25.4 Å². The SMILES string of the molecule is C[C@H](NC1CCSC1)c1cccc(F)c1. The van der Waals surface area contributed by atoms with Gasteiger partial charge in [-0.2, -0.15) is 11.8 Å². The predicted molar refractivity (Wildman–Crippen MR) is 63.7 cm³/mol. The van der Waals surface area contributed by atoms with E-state index in [0.717, 1.165) is 5.56 Å². The Morgan fingerprint density at radius 1 is 1.53 bits per heavy atom. The smallest absolute Gasteiger partial charge is 0.123 e. The van der Waals surface area contributed by atoms with Crippen molar-refractivity contribution >= 4 is 11.8 Å². The molecule has 0 bridgehead atoms. The van der Waals surface area contributed by atoms with Crippen LogP contribution in [-0.4, -0.2) is 17.5 Å². The molecule has 1 aromatic carbocycles. The van der Waals surface area contributed by atoms with Gasteiger partial charge in [0.1, 0.15) is 5.82 Å². The van der Waals surface area contributed by atoms with Gasteiger partial charge in [0.25, 0.3) is 0 Å². The molecule has 0 aromatic heterocycles. The van der Waals surface area contributed by atoms with E-state index in [-0.39, 0.29) is 11.9 Å². The molecule has 0 saturated carbocycles. The molecule has 1 aromatic rings. The fraction of sp³-hybridized carbons (Fsp3) is 0.500. The highest BCUT2D eigenvalue weighted by Gasteiger charge is 2.17. The number of benzene rings is 1. The van der Waals surface area contributed by atoms with E-state index in [1.165, 1.54) is 24.0 Å². The molecule has 3 heteroatoms. The lowest BCUT2D eigenvalue weighted by Gasteiger charge is -2.19. The molecule has 1 saturated heterocycles. The van der Waals surface area contributed by atoms with Crippen molar-refractivity contribution in [1.29, 1.82) is 0 Å². The molecule has 0 amide bonds. The van der Waals surface area contributed by atoms with Gasteiger partial charge in [-0.25, -0.2) is 4.39 Å². The zero-order valence-corrected chi connectivity index (χ0v) is 9.69. The average molecular weight is 225 g/mol. The molecule has 1 heterocycles. The second-order valence-corrected chi connectivity index (χ2v) is 5.15. The maximum atomic E-state index is 13.0. The van der Waals surface area contributed by atoms with E-state index in [4.69, 9.17) is 0 Å². The minimum Gasteiger partial charge on any atom is -0.307 e. The molecule has 2 rings (SSSR count). The highest BCUT2D eigenvalue weighted by Crippen LogP contribution is 2.21. The van der Waals surface area contributed by atoms with Crippen molar-refractivity contribution in [3.05, 3.63) is 35.6 Å². The summed E-state index contributed by atoms with van der Waals surface area (Å²) in [6.45, 7) is 2.10. The minimum absolute atomic E-state index is 0.151. The van der Waals surface area contributed by atoms with E-state index in [2.05, 4.69) is 12.2 Å². The fourth-order valence-electron chi connectivity index (χ4n) is 1.89. The molecule has 0 spiro atoms. The summed E-state index contributed by atoms with van der Waals surface area (Å²) in [5.41, 5.74) is 1.03. The Bertz CT molecular complexity index is 323. The predicted octanol–water partition coefficient (Wildman–Crippen LogP) is 2.98. The molecule has 15 heavy (non-hydrogen) atoms. The topological polar surface area (TPSA) is 12.0 Å². The second-order valence-electron chi connectivity index (χ2n) is 4.00. The average Bonchev–Trinajstić information content (AvgIpc) is 2.70. The summed E-state index contributed by atoms with van der Waals surface area (Å²) in [4.78, 5) is 0. The lowest BCUT2D eigenvalue weighted by atomic mass is 10.1. The van der Waals surface area contributed by atoms with Crippen molar-refractivity contribution in [1.82, 2.24) is 5.32 Å². The highest BCUT2D eigenvalue weighted by atomic mass is 32.2. The van der Waals surface area contributed by atoms with Crippen LogP contribution in [0.5, 0.6) is 0 Å². The number of hydrogen-bond acceptors (Lipinski definition) is 2. The third kappa shape index (κ3) is 2.95. The zero-order chi connectivity index (χ0) is 10.7. The van der Waals surface area contributed by atoms with Gasteiger partial charge in [0.05, 0.1) is 0 Å². The first-order valence-electron chi connectivity index (χ1n) is 5.35. The molecule has 1 unspecified atom stereocenters. The van der Waals surface area contributed by atoms with Gasteiger partial charge >= 0.3 is 0 Å². The number of rotatable bonds is 3. The van der Waals surface area contributed by atoms with Crippen LogP contribution in [-0.2, 0) is 0 Å². The first-order valence-corrected chi connectivity index (χ1v) is 6.50. The summed E-state index contributed by atoms with van der Waals surface area (Å²) in [5.74, 6) is 2.27. The number of thioether (sulfide) groups is 1. The van der Waals surface area contributed by atoms with Crippen molar-refractivity contribution in [3.8, 4) is 0 Å². The summed E-state index contributed by atoms with van der Waals surface area (Å²) in [6, 6.07) is 7.67. The molecule has 2 atom stereocenters. The third-order valence-electron chi connectivity index (χ3n) is 2.76. The maximum absolute atomic E-state index is 13.0. The van der Waals surface area contributed by atoms with E-state index in [1.807, 2.05) is 17.8 Å². The molecule has 1 N–H and O–H groups in total. The lowest BCUT2D eigenvalue weighted by Crippen LogP contribution is -2.31. The minimum atomic E-state index is -0.151. The van der Waals surface area contributed by atoms with Crippen molar-refractivity contribution in [3.63, 3.8) is 0 Å². The van der Waals surface area contributed by atoms with Crippen LogP contribution in [0, 0.1) is 5.82 Å². The van der Waals surface area contributed by atoms with Crippen LogP contribution in [0.4, 0.5) is 4.39 Å². The highest BCUT2D eigenvalue weighted by molar-refractivity contribution is 7.99. The second kappa shape index (κ2) is 4.99. The van der Waals surface area contributed by atoms with E-state index >= 15 is 0 Å². The first-order chi connectivity index (χ1) is 7.25. The summed E-state index contributed by atoms with van der Waals surface area (Å²) in [6.07, 6.45) is 1.23. The van der Waals surface area contributed by atoms with Gasteiger partial charge in [-0.3, -0.25) is 0 Å². The van der Waals surface area contributed by atoms with Crippen LogP contribution in [0.1, 0.15) is 24.9 Å². The Balaban J connectivity index is 1.97. The summed E-state index contributed by atoms with van der Waals surface area (Å²) in [5, 5.41) is 3.53. The standard InChI is InChI=1S/C12H16FNS/c1-9(14-12-5-6-15-8-12)10-3-2-4-11(13)7-10/h2-4,7,9,12,14H,5-6,8H2,1H3/t9-,12?/m0/s1. The molecule has 1 nitrogen and oxygen atoms in total. The molecule has 1 fully saturated rings. The molecule has 1 aliphatic heterocycles. The van der Waals surface area contributed by atoms with Gasteiger partial charge in [-0.15, -0.1) is 0 Å². The Hall–Kier alpha value is -0.540. The van der Waals surface area contributed by atoms with Gasteiger partial charge in [0, 0.05) is 17.8 Å². The maximum Gasteiger partial charge on any atom is 0.123 e. The normalized spacial score (nSPS) is 22.9. The fourth-order valence-corrected chi connectivity index (χ4v) is 3.06. The Kier molecular flexibility index (Phi) is 3.65. The van der Waals surface area contributed by atoms with E-state index in [1.54, 1.807) is 12.1 Å². The zero-order valence-electron chi connectivity index (χ0n) is 8.87. The summed E-state index contributed by atoms with van der Waals surface area (Å²) in [7, 11) is 0. The summed E-state index contributed by atoms with van der Waals surface area (Å²) < 4.78 is 13.0. The van der Waals surface area contributed by atoms with Gasteiger partial charge in [-0.05, 0) is 36.8 Å². The van der Waals surface area contributed by atoms with Crippen molar-refractivity contribution in [2.24, 2.45) is 0 Å². The lowest BCUT2D eigenvalue weighted by molar-refractivity contribution is 0.484. The molecule has 0 radical (unpaired) electrons. The Morgan fingerprint density at radius 3 is 3.07 bits per heavy atom. The monoisotopic (exact) mass is 225 g/mol. The Labute approximate surface area is 94.5 Å². The van der Waals surface area contributed by atoms with Crippen LogP contribution in [0.15, 0.2) is 24.3 Å². The van der Waals surface area contributed by atoms with Crippen molar-refractivity contribution in [2.75, 3.05) is 11.5 Å². The van der Waals surface area contributed by atoms with E-state index in [0.29, 0.717) is 6.04 Å². The molecule has 1 aliphatic rings. The van der Waals surface area contributed by atoms with Gasteiger partial charge in [0.15, 0.2) is 0 Å². The van der Waals surface area contributed by atoms with Gasteiger partial charge in [-0.1, -0.05) is 12.1 Å². The largest absolute Gasteiger partial charge is 0.307 e. The number of nitrogens with one attached hydrogen (secondary N) is 1. The van der Waals surface area contributed by atoms with Crippen LogP contribution < -0.4 is 5.32 Å². The first kappa shape index (κ1) is 11.0. The van der Waals surface area contributed by atoms with Crippen LogP contribution in [0.25, 0.3) is 0 Å². The third-order valence-corrected chi connectivity index (χ3v) is 3.93. The number of hydrogen-bond donors (Lipinski definition) is 1. The molecule has 0 aliphatic carbocycles. The number of halogens is 1. The summed E-state index contributed by atoms with van der Waals surface area (Å²) >= 11 is 1.99.